The molecule has 14 heavy (non-hydrogen) atoms. The van der Waals surface area contributed by atoms with Gasteiger partial charge in [0.2, 0.25) is 0 Å². The molecule has 0 N–H and O–H groups in total. The van der Waals surface area contributed by atoms with Crippen molar-refractivity contribution in [1.82, 2.24) is 9.97 Å². The number of aromatic nitrogens is 2. The SMILES string of the molecule is C=CCc1nc(C)cc(C(F)(F)F)n1. The lowest BCUT2D eigenvalue weighted by molar-refractivity contribution is -0.141. The monoisotopic (exact) mass is 202 g/mol. The second kappa shape index (κ2) is 3.77. The van der Waals surface area contributed by atoms with Gasteiger partial charge in [0, 0.05) is 12.1 Å². The van der Waals surface area contributed by atoms with E-state index in [1.807, 2.05) is 0 Å². The van der Waals surface area contributed by atoms with Gasteiger partial charge in [-0.05, 0) is 13.0 Å². The van der Waals surface area contributed by atoms with Crippen LogP contribution in [0.15, 0.2) is 18.7 Å². The van der Waals surface area contributed by atoms with Gasteiger partial charge in [-0.1, -0.05) is 6.08 Å². The molecule has 0 amide bonds. The molecule has 76 valence electrons. The van der Waals surface area contributed by atoms with Gasteiger partial charge in [-0.15, -0.1) is 6.58 Å². The molecule has 0 radical (unpaired) electrons. The van der Waals surface area contributed by atoms with Gasteiger partial charge in [-0.2, -0.15) is 13.2 Å². The van der Waals surface area contributed by atoms with Gasteiger partial charge in [0.15, 0.2) is 0 Å². The van der Waals surface area contributed by atoms with E-state index in [1.165, 1.54) is 13.0 Å². The van der Waals surface area contributed by atoms with Crippen LogP contribution in [0.2, 0.25) is 0 Å². The fourth-order valence-corrected chi connectivity index (χ4v) is 0.996. The molecule has 5 heteroatoms. The fourth-order valence-electron chi connectivity index (χ4n) is 0.996. The highest BCUT2D eigenvalue weighted by Crippen LogP contribution is 2.27. The molecule has 1 aromatic rings. The molecule has 2 nitrogen and oxygen atoms in total. The largest absolute Gasteiger partial charge is 0.433 e. The van der Waals surface area contributed by atoms with Crippen LogP contribution in [-0.4, -0.2) is 9.97 Å². The lowest BCUT2D eigenvalue weighted by Gasteiger charge is -2.07. The first-order valence-corrected chi connectivity index (χ1v) is 3.96. The smallest absolute Gasteiger partial charge is 0.238 e. The molecule has 1 aromatic heterocycles. The van der Waals surface area contributed by atoms with E-state index in [-0.39, 0.29) is 12.2 Å². The van der Waals surface area contributed by atoms with E-state index in [0.717, 1.165) is 6.07 Å². The number of alkyl halides is 3. The zero-order chi connectivity index (χ0) is 10.8. The van der Waals surface area contributed by atoms with E-state index >= 15 is 0 Å². The summed E-state index contributed by atoms with van der Waals surface area (Å²) >= 11 is 0. The van der Waals surface area contributed by atoms with Crippen molar-refractivity contribution in [2.45, 2.75) is 19.5 Å². The molecule has 1 rings (SSSR count). The number of hydrogen-bond donors (Lipinski definition) is 0. The predicted molar refractivity (Wildman–Crippen MR) is 45.7 cm³/mol. The van der Waals surface area contributed by atoms with Gasteiger partial charge in [0.05, 0.1) is 0 Å². The van der Waals surface area contributed by atoms with E-state index in [4.69, 9.17) is 0 Å². The molecule has 0 aliphatic carbocycles. The minimum Gasteiger partial charge on any atom is -0.238 e. The Kier molecular flexibility index (Phi) is 2.88. The summed E-state index contributed by atoms with van der Waals surface area (Å²) in [4.78, 5) is 7.24. The first kappa shape index (κ1) is 10.7. The first-order chi connectivity index (χ1) is 6.43. The van der Waals surface area contributed by atoms with Gasteiger partial charge in [0.1, 0.15) is 11.5 Å². The lowest BCUT2D eigenvalue weighted by atomic mass is 10.3. The molecule has 0 saturated heterocycles. The van der Waals surface area contributed by atoms with Crippen molar-refractivity contribution in [3.8, 4) is 0 Å². The zero-order valence-corrected chi connectivity index (χ0v) is 7.60. The Hall–Kier alpha value is -1.39. The summed E-state index contributed by atoms with van der Waals surface area (Å²) in [5.74, 6) is 0.146. The quantitative estimate of drug-likeness (QED) is 0.688. The summed E-state index contributed by atoms with van der Waals surface area (Å²) in [5, 5.41) is 0. The van der Waals surface area contributed by atoms with Gasteiger partial charge in [-0.3, -0.25) is 0 Å². The molecule has 1 heterocycles. The van der Waals surface area contributed by atoms with Crippen LogP contribution in [0.4, 0.5) is 13.2 Å². The van der Waals surface area contributed by atoms with Crippen LogP contribution in [0.3, 0.4) is 0 Å². The Balaban J connectivity index is 3.13. The number of allylic oxidation sites excluding steroid dienone is 1. The molecular formula is C9H9F3N2. The zero-order valence-electron chi connectivity index (χ0n) is 7.60. The minimum absolute atomic E-state index is 0.146. The second-order valence-corrected chi connectivity index (χ2v) is 2.80. The maximum atomic E-state index is 12.3. The van der Waals surface area contributed by atoms with Crippen molar-refractivity contribution in [1.29, 1.82) is 0 Å². The Morgan fingerprint density at radius 2 is 2.07 bits per heavy atom. The van der Waals surface area contributed by atoms with Crippen molar-refractivity contribution in [3.05, 3.63) is 35.9 Å². The van der Waals surface area contributed by atoms with Crippen LogP contribution < -0.4 is 0 Å². The molecule has 0 aromatic carbocycles. The number of rotatable bonds is 2. The van der Waals surface area contributed by atoms with Crippen LogP contribution in [0.5, 0.6) is 0 Å². The first-order valence-electron chi connectivity index (χ1n) is 3.96. The van der Waals surface area contributed by atoms with Crippen molar-refractivity contribution in [3.63, 3.8) is 0 Å². The van der Waals surface area contributed by atoms with E-state index in [9.17, 15) is 13.2 Å². The van der Waals surface area contributed by atoms with E-state index < -0.39 is 11.9 Å². The van der Waals surface area contributed by atoms with E-state index in [2.05, 4.69) is 16.5 Å². The second-order valence-electron chi connectivity index (χ2n) is 2.80. The van der Waals surface area contributed by atoms with Gasteiger partial charge >= 0.3 is 6.18 Å². The summed E-state index contributed by atoms with van der Waals surface area (Å²) in [6.07, 6.45) is -2.71. The molecule has 0 aliphatic rings. The van der Waals surface area contributed by atoms with Crippen LogP contribution in [0, 0.1) is 6.92 Å². The van der Waals surface area contributed by atoms with Crippen LogP contribution in [0.25, 0.3) is 0 Å². The Labute approximate surface area is 79.5 Å². The van der Waals surface area contributed by atoms with Crippen LogP contribution in [-0.2, 0) is 12.6 Å². The highest BCUT2D eigenvalue weighted by atomic mass is 19.4. The van der Waals surface area contributed by atoms with Crippen LogP contribution >= 0.6 is 0 Å². The van der Waals surface area contributed by atoms with Crippen molar-refractivity contribution in [2.24, 2.45) is 0 Å². The molecule has 0 bridgehead atoms. The maximum Gasteiger partial charge on any atom is 0.433 e. The molecule has 0 atom stereocenters. The summed E-state index contributed by atoms with van der Waals surface area (Å²) in [5.41, 5.74) is -0.592. The fraction of sp³-hybridized carbons (Fsp3) is 0.333. The summed E-state index contributed by atoms with van der Waals surface area (Å²) in [7, 11) is 0. The number of halogens is 3. The lowest BCUT2D eigenvalue weighted by Crippen LogP contribution is -2.11. The summed E-state index contributed by atoms with van der Waals surface area (Å²) < 4.78 is 36.8. The number of nitrogens with zero attached hydrogens (tertiary/aromatic N) is 2. The normalized spacial score (nSPS) is 11.4. The average molecular weight is 202 g/mol. The minimum atomic E-state index is -4.41. The van der Waals surface area contributed by atoms with Crippen molar-refractivity contribution >= 4 is 0 Å². The average Bonchev–Trinajstić information content (AvgIpc) is 2.02. The van der Waals surface area contributed by atoms with Gasteiger partial charge in [-0.25, -0.2) is 9.97 Å². The number of hydrogen-bond acceptors (Lipinski definition) is 2. The Morgan fingerprint density at radius 1 is 1.43 bits per heavy atom. The summed E-state index contributed by atoms with van der Waals surface area (Å²) in [6, 6.07) is 0.923. The van der Waals surface area contributed by atoms with Crippen LogP contribution in [0.1, 0.15) is 17.2 Å². The standard InChI is InChI=1S/C9H9F3N2/c1-3-4-8-13-6(2)5-7(14-8)9(10,11)12/h3,5H,1,4H2,2H3. The van der Waals surface area contributed by atoms with Gasteiger partial charge < -0.3 is 0 Å². The maximum absolute atomic E-state index is 12.3. The molecular weight excluding hydrogens is 193 g/mol. The topological polar surface area (TPSA) is 25.8 Å². The third kappa shape index (κ3) is 2.55. The highest BCUT2D eigenvalue weighted by Gasteiger charge is 2.33. The van der Waals surface area contributed by atoms with E-state index in [0.29, 0.717) is 5.69 Å². The molecule has 0 aliphatic heterocycles. The van der Waals surface area contributed by atoms with E-state index in [1.54, 1.807) is 0 Å². The van der Waals surface area contributed by atoms with Gasteiger partial charge in [0.25, 0.3) is 0 Å². The molecule has 0 spiro atoms. The molecule has 0 saturated carbocycles. The highest BCUT2D eigenvalue weighted by molar-refractivity contribution is 5.13. The third-order valence-corrected chi connectivity index (χ3v) is 1.52. The van der Waals surface area contributed by atoms with Crippen molar-refractivity contribution < 1.29 is 13.2 Å². The molecule has 0 unspecified atom stereocenters. The Morgan fingerprint density at radius 3 is 2.57 bits per heavy atom. The summed E-state index contributed by atoms with van der Waals surface area (Å²) in [6.45, 7) is 4.92. The third-order valence-electron chi connectivity index (χ3n) is 1.52. The number of aryl methyl sites for hydroxylation is 1. The molecule has 0 fully saturated rings. The van der Waals surface area contributed by atoms with Crippen molar-refractivity contribution in [2.75, 3.05) is 0 Å². The predicted octanol–water partition coefficient (Wildman–Crippen LogP) is 2.53. The Bertz CT molecular complexity index is 344.